The molecule has 3 nitrogen and oxygen atoms in total. The van der Waals surface area contributed by atoms with Crippen LogP contribution in [-0.4, -0.2) is 9.55 Å². The van der Waals surface area contributed by atoms with Crippen molar-refractivity contribution >= 4 is 33.9 Å². The van der Waals surface area contributed by atoms with E-state index in [1.165, 1.54) is 10.4 Å². The van der Waals surface area contributed by atoms with Gasteiger partial charge in [-0.1, -0.05) is 37.3 Å². The number of nitrogens with one attached hydrogen (secondary N) is 1. The highest BCUT2D eigenvalue weighted by Gasteiger charge is 2.22. The number of aromatic amines is 1. The zero-order chi connectivity index (χ0) is 16.0. The number of aromatic nitrogens is 2. The number of imidazole rings is 1. The first-order valence-electron chi connectivity index (χ1n) is 7.95. The molecule has 2 aromatic heterocycles. The van der Waals surface area contributed by atoms with Crippen LogP contribution >= 0.6 is 23.6 Å². The number of fused-ring (bicyclic) bond motifs is 2. The molecule has 0 saturated carbocycles. The van der Waals surface area contributed by atoms with Gasteiger partial charge < -0.3 is 9.55 Å². The van der Waals surface area contributed by atoms with Crippen molar-refractivity contribution in [3.05, 3.63) is 61.3 Å². The fraction of sp³-hybridized carbons (Fsp3) is 0.333. The van der Waals surface area contributed by atoms with Crippen molar-refractivity contribution in [1.82, 2.24) is 9.55 Å². The van der Waals surface area contributed by atoms with Crippen molar-refractivity contribution in [3.8, 4) is 0 Å². The average molecular weight is 342 g/mol. The minimum atomic E-state index is 0.151. The highest BCUT2D eigenvalue weighted by Crippen LogP contribution is 2.30. The molecule has 2 heterocycles. The summed E-state index contributed by atoms with van der Waals surface area (Å²) < 4.78 is 2.69. The van der Waals surface area contributed by atoms with Gasteiger partial charge in [0, 0.05) is 10.4 Å². The molecule has 0 spiro atoms. The Labute approximate surface area is 143 Å². The van der Waals surface area contributed by atoms with E-state index in [1.807, 2.05) is 18.2 Å². The molecule has 0 amide bonds. The predicted octanol–water partition coefficient (Wildman–Crippen LogP) is 4.29. The lowest BCUT2D eigenvalue weighted by atomic mass is 9.89. The molecular weight excluding hydrogens is 324 g/mol. The van der Waals surface area contributed by atoms with Gasteiger partial charge in [0.1, 0.15) is 10.3 Å². The number of hydrogen-bond acceptors (Lipinski definition) is 3. The van der Waals surface area contributed by atoms with Crippen LogP contribution in [0.2, 0.25) is 0 Å². The van der Waals surface area contributed by atoms with Crippen molar-refractivity contribution in [2.75, 3.05) is 0 Å². The highest BCUT2D eigenvalue weighted by molar-refractivity contribution is 7.71. The van der Waals surface area contributed by atoms with Crippen molar-refractivity contribution in [1.29, 1.82) is 0 Å². The number of nitrogens with zero attached hydrogens (tertiary/aromatic N) is 1. The van der Waals surface area contributed by atoms with Crippen LogP contribution < -0.4 is 5.43 Å². The highest BCUT2D eigenvalue weighted by atomic mass is 32.1. The van der Waals surface area contributed by atoms with Crippen LogP contribution in [-0.2, 0) is 19.4 Å². The molecule has 0 aliphatic heterocycles. The van der Waals surface area contributed by atoms with Crippen LogP contribution in [0.1, 0.15) is 29.3 Å². The standard InChI is InChI=1S/C18H18N2OS2/c1-11-7-8-14-13(9-11)16(21)15-17(23-14)20(18(22)19-15)10-12-5-3-2-4-6-12/h2-6,11H,7-10H2,1H3,(H,19,22). The third-order valence-corrected chi connectivity index (χ3v) is 6.23. The molecular formula is C18H18N2OS2. The summed E-state index contributed by atoms with van der Waals surface area (Å²) in [6, 6.07) is 10.2. The third kappa shape index (κ3) is 2.58. The van der Waals surface area contributed by atoms with Crippen LogP contribution in [0, 0.1) is 10.7 Å². The molecule has 1 unspecified atom stereocenters. The maximum absolute atomic E-state index is 12.9. The third-order valence-electron chi connectivity index (χ3n) is 4.59. The lowest BCUT2D eigenvalue weighted by Crippen LogP contribution is -2.20. The van der Waals surface area contributed by atoms with Gasteiger partial charge in [-0.05, 0) is 43.0 Å². The molecule has 0 bridgehead atoms. The Hall–Kier alpha value is -1.72. The van der Waals surface area contributed by atoms with Gasteiger partial charge in [0.15, 0.2) is 4.77 Å². The van der Waals surface area contributed by atoms with E-state index in [0.717, 1.165) is 29.7 Å². The molecule has 1 atom stereocenters. The molecule has 1 aliphatic rings. The van der Waals surface area contributed by atoms with E-state index in [-0.39, 0.29) is 5.43 Å². The van der Waals surface area contributed by atoms with Crippen LogP contribution in [0.4, 0.5) is 0 Å². The van der Waals surface area contributed by atoms with E-state index >= 15 is 0 Å². The topological polar surface area (TPSA) is 37.8 Å². The molecule has 1 aromatic carbocycles. The van der Waals surface area contributed by atoms with E-state index in [2.05, 4.69) is 28.6 Å². The molecule has 5 heteroatoms. The lowest BCUT2D eigenvalue weighted by molar-refractivity contribution is 0.504. The van der Waals surface area contributed by atoms with E-state index < -0.39 is 0 Å². The average Bonchev–Trinajstić information content (AvgIpc) is 2.86. The summed E-state index contributed by atoms with van der Waals surface area (Å²) in [5.74, 6) is 0.592. The van der Waals surface area contributed by atoms with Crippen LogP contribution in [0.25, 0.3) is 10.3 Å². The van der Waals surface area contributed by atoms with E-state index in [0.29, 0.717) is 22.8 Å². The lowest BCUT2D eigenvalue weighted by Gasteiger charge is -2.20. The molecule has 1 aliphatic carbocycles. The first kappa shape index (κ1) is 14.8. The summed E-state index contributed by atoms with van der Waals surface area (Å²) in [5, 5.41) is 0. The Morgan fingerprint density at radius 3 is 2.91 bits per heavy atom. The molecule has 0 fully saturated rings. The number of aryl methyl sites for hydroxylation is 1. The SMILES string of the molecule is CC1CCc2sc3c([nH]c(=S)n3Cc3ccccc3)c(=O)c2C1. The van der Waals surface area contributed by atoms with Gasteiger partial charge in [0.2, 0.25) is 5.43 Å². The monoisotopic (exact) mass is 342 g/mol. The fourth-order valence-corrected chi connectivity index (χ4v) is 4.90. The Morgan fingerprint density at radius 1 is 1.35 bits per heavy atom. The van der Waals surface area contributed by atoms with Crippen LogP contribution in [0.15, 0.2) is 35.1 Å². The Kier molecular flexibility index (Phi) is 3.70. The molecule has 4 rings (SSSR count). The van der Waals surface area contributed by atoms with Crippen molar-refractivity contribution in [2.24, 2.45) is 5.92 Å². The second-order valence-electron chi connectivity index (χ2n) is 6.36. The van der Waals surface area contributed by atoms with Crippen molar-refractivity contribution in [2.45, 2.75) is 32.7 Å². The van der Waals surface area contributed by atoms with Crippen LogP contribution in [0.3, 0.4) is 0 Å². The smallest absolute Gasteiger partial charge is 0.209 e. The Morgan fingerprint density at radius 2 is 2.13 bits per heavy atom. The Balaban J connectivity index is 1.90. The molecule has 3 aromatic rings. The van der Waals surface area contributed by atoms with Gasteiger partial charge in [0.25, 0.3) is 0 Å². The number of benzene rings is 1. The minimum absolute atomic E-state index is 0.151. The van der Waals surface area contributed by atoms with Gasteiger partial charge in [-0.2, -0.15) is 0 Å². The molecule has 118 valence electrons. The summed E-state index contributed by atoms with van der Waals surface area (Å²) in [6.07, 6.45) is 3.07. The molecule has 1 N–H and O–H groups in total. The Bertz CT molecular complexity index is 982. The quantitative estimate of drug-likeness (QED) is 0.705. The van der Waals surface area contributed by atoms with Gasteiger partial charge in [0.05, 0.1) is 6.54 Å². The second-order valence-corrected chi connectivity index (χ2v) is 7.83. The minimum Gasteiger partial charge on any atom is -0.327 e. The van der Waals surface area contributed by atoms with Crippen molar-refractivity contribution in [3.63, 3.8) is 0 Å². The van der Waals surface area contributed by atoms with Gasteiger partial charge in [-0.15, -0.1) is 11.3 Å². The summed E-state index contributed by atoms with van der Waals surface area (Å²) in [5.41, 5.74) is 3.03. The normalized spacial score (nSPS) is 17.3. The zero-order valence-corrected chi connectivity index (χ0v) is 14.6. The summed E-state index contributed by atoms with van der Waals surface area (Å²) in [6.45, 7) is 2.92. The maximum Gasteiger partial charge on any atom is 0.209 e. The zero-order valence-electron chi connectivity index (χ0n) is 13.0. The molecule has 23 heavy (non-hydrogen) atoms. The summed E-state index contributed by atoms with van der Waals surface area (Å²) in [7, 11) is 0. The fourth-order valence-electron chi connectivity index (χ4n) is 3.32. The number of rotatable bonds is 2. The first-order chi connectivity index (χ1) is 11.1. The predicted molar refractivity (Wildman–Crippen MR) is 98.0 cm³/mol. The van der Waals surface area contributed by atoms with Gasteiger partial charge in [-0.25, -0.2) is 0 Å². The molecule has 0 saturated heterocycles. The first-order valence-corrected chi connectivity index (χ1v) is 9.17. The van der Waals surface area contributed by atoms with Gasteiger partial charge in [-0.3, -0.25) is 4.79 Å². The van der Waals surface area contributed by atoms with Crippen molar-refractivity contribution < 1.29 is 0 Å². The second kappa shape index (κ2) is 5.73. The largest absolute Gasteiger partial charge is 0.327 e. The molecule has 0 radical (unpaired) electrons. The van der Waals surface area contributed by atoms with Gasteiger partial charge >= 0.3 is 0 Å². The summed E-state index contributed by atoms with van der Waals surface area (Å²) in [4.78, 5) is 18.2. The van der Waals surface area contributed by atoms with E-state index in [1.54, 1.807) is 11.3 Å². The number of hydrogen-bond donors (Lipinski definition) is 1. The maximum atomic E-state index is 12.9. The van der Waals surface area contributed by atoms with Crippen LogP contribution in [0.5, 0.6) is 0 Å². The number of H-pyrrole nitrogens is 1. The van der Waals surface area contributed by atoms with E-state index in [4.69, 9.17) is 12.2 Å². The van der Waals surface area contributed by atoms with E-state index in [9.17, 15) is 4.79 Å². The summed E-state index contributed by atoms with van der Waals surface area (Å²) >= 11 is 7.22.